The van der Waals surface area contributed by atoms with Crippen LogP contribution in [0.2, 0.25) is 0 Å². The monoisotopic (exact) mass is 487 g/mol. The molecule has 0 bridgehead atoms. The quantitative estimate of drug-likeness (QED) is 0.615. The zero-order valence-electron chi connectivity index (χ0n) is 21.0. The van der Waals surface area contributed by atoms with Crippen LogP contribution in [0.25, 0.3) is 5.95 Å². The fraction of sp³-hybridized carbons (Fsp3) is 0.583. The Morgan fingerprint density at radius 3 is 2.14 bits per heavy atom. The van der Waals surface area contributed by atoms with Gasteiger partial charge in [-0.1, -0.05) is 0 Å². The number of imidazole rings is 1. The fourth-order valence-electron chi connectivity index (χ4n) is 3.84. The van der Waals surface area contributed by atoms with Gasteiger partial charge in [0.05, 0.1) is 5.69 Å². The van der Waals surface area contributed by atoms with Crippen molar-refractivity contribution < 1.29 is 29.0 Å². The lowest BCUT2D eigenvalue weighted by Crippen LogP contribution is -2.44. The maximum absolute atomic E-state index is 12.7. The largest absolute Gasteiger partial charge is 0.481 e. The molecule has 1 aliphatic rings. The molecule has 2 heterocycles. The fourth-order valence-corrected chi connectivity index (χ4v) is 3.84. The summed E-state index contributed by atoms with van der Waals surface area (Å²) < 4.78 is 12.3. The van der Waals surface area contributed by atoms with E-state index in [9.17, 15) is 19.5 Å². The van der Waals surface area contributed by atoms with Crippen LogP contribution in [-0.4, -0.2) is 65.4 Å². The molecule has 190 valence electrons. The van der Waals surface area contributed by atoms with Gasteiger partial charge in [0.2, 0.25) is 5.95 Å². The molecule has 11 nitrogen and oxygen atoms in total. The summed E-state index contributed by atoms with van der Waals surface area (Å²) >= 11 is 0. The Bertz CT molecular complexity index is 1040. The topological polar surface area (TPSA) is 137 Å². The van der Waals surface area contributed by atoms with Crippen molar-refractivity contribution in [2.45, 2.75) is 77.4 Å². The highest BCUT2D eigenvalue weighted by Crippen LogP contribution is 2.56. The molecule has 0 spiro atoms. The third kappa shape index (κ3) is 6.34. The molecule has 1 N–H and O–H groups in total. The Hall–Kier alpha value is -3.50. The molecule has 2 amide bonds. The molecule has 2 unspecified atom stereocenters. The lowest BCUT2D eigenvalue weighted by Gasteiger charge is -2.28. The minimum Gasteiger partial charge on any atom is -0.481 e. The second kappa shape index (κ2) is 9.63. The third-order valence-electron chi connectivity index (χ3n) is 5.47. The van der Waals surface area contributed by atoms with Gasteiger partial charge in [-0.2, -0.15) is 0 Å². The molecule has 11 heteroatoms. The van der Waals surface area contributed by atoms with Crippen molar-refractivity contribution in [3.05, 3.63) is 36.7 Å². The molecule has 35 heavy (non-hydrogen) atoms. The molecule has 0 aliphatic heterocycles. The second-order valence-electron chi connectivity index (χ2n) is 10.6. The van der Waals surface area contributed by atoms with Crippen LogP contribution in [0, 0.1) is 5.92 Å². The molecule has 2 atom stereocenters. The van der Waals surface area contributed by atoms with E-state index in [0.29, 0.717) is 30.9 Å². The average molecular weight is 488 g/mol. The highest BCUT2D eigenvalue weighted by molar-refractivity contribution is 5.88. The van der Waals surface area contributed by atoms with Crippen LogP contribution in [-0.2, 0) is 19.7 Å². The van der Waals surface area contributed by atoms with Gasteiger partial charge in [0.1, 0.15) is 22.9 Å². The number of carbonyl (C=O) groups is 3. The summed E-state index contributed by atoms with van der Waals surface area (Å²) in [6, 6.07) is 1.69. The second-order valence-corrected chi connectivity index (χ2v) is 10.6. The van der Waals surface area contributed by atoms with Crippen molar-refractivity contribution in [3.63, 3.8) is 0 Å². The molecule has 1 aliphatic carbocycles. The first-order chi connectivity index (χ1) is 16.2. The number of aliphatic carboxylic acids is 1. The summed E-state index contributed by atoms with van der Waals surface area (Å²) in [7, 11) is 0. The Balaban J connectivity index is 1.68. The highest BCUT2D eigenvalue weighted by atomic mass is 16.6. The molecule has 0 aromatic carbocycles. The van der Waals surface area contributed by atoms with E-state index in [1.165, 1.54) is 6.33 Å². The Morgan fingerprint density at radius 1 is 1.06 bits per heavy atom. The zero-order valence-corrected chi connectivity index (χ0v) is 21.0. The van der Waals surface area contributed by atoms with E-state index in [1.807, 2.05) is 0 Å². The van der Waals surface area contributed by atoms with Gasteiger partial charge >= 0.3 is 18.2 Å². The number of carboxylic acid groups (broad SMARTS) is 1. The number of amides is 2. The Kier molecular flexibility index (Phi) is 7.18. The number of ether oxygens (including phenoxy) is 2. The van der Waals surface area contributed by atoms with Crippen LogP contribution in [0.5, 0.6) is 0 Å². The predicted octanol–water partition coefficient (Wildman–Crippen LogP) is 3.96. The number of hydrogen-bond acceptors (Lipinski definition) is 8. The van der Waals surface area contributed by atoms with Gasteiger partial charge in [-0.3, -0.25) is 9.36 Å². The maximum Gasteiger partial charge on any atom is 0.419 e. The summed E-state index contributed by atoms with van der Waals surface area (Å²) in [6.07, 6.45) is 6.00. The smallest absolute Gasteiger partial charge is 0.419 e. The zero-order chi connectivity index (χ0) is 26.0. The molecular formula is C24H33N5O6. The van der Waals surface area contributed by atoms with Crippen molar-refractivity contribution in [2.75, 3.05) is 6.54 Å². The van der Waals surface area contributed by atoms with Crippen molar-refractivity contribution in [2.24, 2.45) is 5.92 Å². The summed E-state index contributed by atoms with van der Waals surface area (Å²) in [5, 5.41) is 10.0. The van der Waals surface area contributed by atoms with Gasteiger partial charge in [0.25, 0.3) is 0 Å². The molecule has 3 rings (SSSR count). The first kappa shape index (κ1) is 26.1. The van der Waals surface area contributed by atoms with E-state index in [0.717, 1.165) is 4.90 Å². The maximum atomic E-state index is 12.7. The van der Waals surface area contributed by atoms with E-state index in [4.69, 9.17) is 9.47 Å². The Labute approximate surface area is 204 Å². The van der Waals surface area contributed by atoms with E-state index in [1.54, 1.807) is 70.8 Å². The SMILES string of the molecule is CC(C)(C)OC(=O)N(CCCC1CC1(C(=O)O)c1cn(-c2ncccn2)cn1)C(=O)OC(C)(C)C. The molecule has 1 fully saturated rings. The van der Waals surface area contributed by atoms with Gasteiger partial charge in [0.15, 0.2) is 0 Å². The lowest BCUT2D eigenvalue weighted by atomic mass is 9.98. The molecule has 0 radical (unpaired) electrons. The van der Waals surface area contributed by atoms with Crippen molar-refractivity contribution in [3.8, 4) is 5.95 Å². The van der Waals surface area contributed by atoms with Crippen LogP contribution in [0.4, 0.5) is 9.59 Å². The third-order valence-corrected chi connectivity index (χ3v) is 5.47. The van der Waals surface area contributed by atoms with Gasteiger partial charge in [-0.15, -0.1) is 0 Å². The Morgan fingerprint density at radius 2 is 1.63 bits per heavy atom. The van der Waals surface area contributed by atoms with E-state index < -0.39 is 34.8 Å². The number of nitrogens with zero attached hydrogens (tertiary/aromatic N) is 5. The minimum absolute atomic E-state index is 0.0440. The number of imide groups is 1. The summed E-state index contributed by atoms with van der Waals surface area (Å²) in [5.41, 5.74) is -2.26. The molecule has 2 aromatic rings. The number of aromatic nitrogens is 4. The van der Waals surface area contributed by atoms with Crippen molar-refractivity contribution in [1.29, 1.82) is 0 Å². The molecular weight excluding hydrogens is 454 g/mol. The molecule has 2 aromatic heterocycles. The van der Waals surface area contributed by atoms with Gasteiger partial charge in [-0.25, -0.2) is 29.4 Å². The van der Waals surface area contributed by atoms with Crippen LogP contribution < -0.4 is 0 Å². The van der Waals surface area contributed by atoms with Gasteiger partial charge in [0, 0.05) is 25.1 Å². The summed E-state index contributed by atoms with van der Waals surface area (Å²) in [4.78, 5) is 51.1. The lowest BCUT2D eigenvalue weighted by molar-refractivity contribution is -0.140. The number of carbonyl (C=O) groups excluding carboxylic acids is 2. The highest BCUT2D eigenvalue weighted by Gasteiger charge is 2.62. The number of hydrogen-bond donors (Lipinski definition) is 1. The predicted molar refractivity (Wildman–Crippen MR) is 125 cm³/mol. The van der Waals surface area contributed by atoms with Crippen LogP contribution >= 0.6 is 0 Å². The minimum atomic E-state index is -1.12. The van der Waals surface area contributed by atoms with Gasteiger partial charge in [-0.05, 0) is 72.8 Å². The number of rotatable bonds is 7. The summed E-state index contributed by atoms with van der Waals surface area (Å²) in [6.45, 7) is 10.3. The van der Waals surface area contributed by atoms with E-state index in [-0.39, 0.29) is 12.5 Å². The average Bonchev–Trinajstić information content (AvgIpc) is 3.25. The van der Waals surface area contributed by atoms with Crippen molar-refractivity contribution in [1.82, 2.24) is 24.4 Å². The summed E-state index contributed by atoms with van der Waals surface area (Å²) in [5.74, 6) is -0.758. The van der Waals surface area contributed by atoms with Crippen LogP contribution in [0.3, 0.4) is 0 Å². The van der Waals surface area contributed by atoms with Crippen LogP contribution in [0.15, 0.2) is 31.0 Å². The molecule has 0 saturated heterocycles. The van der Waals surface area contributed by atoms with E-state index in [2.05, 4.69) is 15.0 Å². The normalized spacial score (nSPS) is 19.7. The standard InChI is InChI=1S/C24H33N5O6/c1-22(2,3)34-20(32)29(21(33)35-23(4,5)6)12-7-9-16-13-24(16,18(30)31)17-14-28(15-27-17)19-25-10-8-11-26-19/h8,10-11,14-16H,7,9,12-13H2,1-6H3,(H,30,31). The first-order valence-corrected chi connectivity index (χ1v) is 11.5. The number of carboxylic acids is 1. The van der Waals surface area contributed by atoms with E-state index >= 15 is 0 Å². The van der Waals surface area contributed by atoms with Crippen LogP contribution in [0.1, 0.15) is 66.5 Å². The van der Waals surface area contributed by atoms with Crippen molar-refractivity contribution >= 4 is 18.2 Å². The molecule has 1 saturated carbocycles. The van der Waals surface area contributed by atoms with Gasteiger partial charge < -0.3 is 14.6 Å². The first-order valence-electron chi connectivity index (χ1n) is 11.5.